The molecule has 1 unspecified atom stereocenters. The lowest BCUT2D eigenvalue weighted by atomic mass is 9.85. The number of allylic oxidation sites excluding steroid dienone is 2. The molecule has 2 rings (SSSR count). The summed E-state index contributed by atoms with van der Waals surface area (Å²) >= 11 is 0. The smallest absolute Gasteiger partial charge is 0.302 e. The summed E-state index contributed by atoms with van der Waals surface area (Å²) in [7, 11) is -5.05. The molecular formula is C39H71O6PSi2. The highest BCUT2D eigenvalue weighted by atomic mass is 31.2. The summed E-state index contributed by atoms with van der Waals surface area (Å²) in [6.45, 7) is 26.5. The van der Waals surface area contributed by atoms with Gasteiger partial charge in [0.05, 0.1) is 6.10 Å². The molecule has 0 heterocycles. The maximum Gasteiger partial charge on any atom is 0.302 e. The Morgan fingerprint density at radius 1 is 0.917 bits per heavy atom. The lowest BCUT2D eigenvalue weighted by Gasteiger charge is -2.41. The number of carbonyl (C=O) groups excluding carboxylic acids is 1. The first-order chi connectivity index (χ1) is 22.1. The zero-order valence-corrected chi connectivity index (χ0v) is 35.8. The fourth-order valence-corrected chi connectivity index (χ4v) is 10.0. The fourth-order valence-electron chi connectivity index (χ4n) is 6.27. The lowest BCUT2D eigenvalue weighted by Crippen LogP contribution is -2.45. The van der Waals surface area contributed by atoms with Gasteiger partial charge in [-0.25, -0.2) is 0 Å². The van der Waals surface area contributed by atoms with Gasteiger partial charge in [0.1, 0.15) is 6.10 Å². The third-order valence-electron chi connectivity index (χ3n) is 11.4. The van der Waals surface area contributed by atoms with Gasteiger partial charge in [-0.15, -0.1) is 0 Å². The van der Waals surface area contributed by atoms with Crippen LogP contribution < -0.4 is 0 Å². The Kier molecular flexibility index (Phi) is 16.6. The highest BCUT2D eigenvalue weighted by molar-refractivity contribution is 7.58. The van der Waals surface area contributed by atoms with Gasteiger partial charge in [0.2, 0.25) is 0 Å². The Morgan fingerprint density at radius 2 is 1.54 bits per heavy atom. The largest absolute Gasteiger partial charge is 0.462 e. The van der Waals surface area contributed by atoms with Crippen LogP contribution in [0.2, 0.25) is 36.3 Å². The van der Waals surface area contributed by atoms with Gasteiger partial charge >= 0.3 is 5.97 Å². The van der Waals surface area contributed by atoms with Crippen molar-refractivity contribution in [3.63, 3.8) is 0 Å². The lowest BCUT2D eigenvalue weighted by molar-refractivity contribution is -0.148. The summed E-state index contributed by atoms with van der Waals surface area (Å²) in [5, 5.41) is 0.216. The number of hydrogen-bond donors (Lipinski definition) is 0. The Labute approximate surface area is 297 Å². The zero-order valence-electron chi connectivity index (χ0n) is 32.9. The van der Waals surface area contributed by atoms with Crippen molar-refractivity contribution in [3.05, 3.63) is 48.0 Å². The van der Waals surface area contributed by atoms with E-state index in [-0.39, 0.29) is 46.2 Å². The van der Waals surface area contributed by atoms with E-state index < -0.39 is 24.0 Å². The van der Waals surface area contributed by atoms with Crippen molar-refractivity contribution >= 4 is 30.0 Å². The Balaban J connectivity index is 2.34. The van der Waals surface area contributed by atoms with Crippen molar-refractivity contribution in [1.29, 1.82) is 0 Å². The second-order valence-electron chi connectivity index (χ2n) is 17.4. The zero-order chi connectivity index (χ0) is 36.4. The van der Waals surface area contributed by atoms with Gasteiger partial charge in [0.25, 0.3) is 0 Å². The monoisotopic (exact) mass is 722 g/mol. The summed E-state index contributed by atoms with van der Waals surface area (Å²) in [6, 6.07) is 10.8. The Morgan fingerprint density at radius 3 is 2.10 bits per heavy atom. The van der Waals surface area contributed by atoms with E-state index in [0.717, 1.165) is 57.8 Å². The van der Waals surface area contributed by atoms with Gasteiger partial charge in [-0.2, -0.15) is 0 Å². The number of hydrogen-bond acceptors (Lipinski definition) is 6. The van der Waals surface area contributed by atoms with Crippen LogP contribution in [0.15, 0.2) is 42.5 Å². The van der Waals surface area contributed by atoms with Crippen molar-refractivity contribution in [1.82, 2.24) is 0 Å². The molecule has 48 heavy (non-hydrogen) atoms. The van der Waals surface area contributed by atoms with Gasteiger partial charge in [-0.05, 0) is 99.1 Å². The third kappa shape index (κ3) is 13.9. The number of carbonyl (C=O) groups is 1. The van der Waals surface area contributed by atoms with Crippen LogP contribution in [0.5, 0.6) is 0 Å². The predicted octanol–water partition coefficient (Wildman–Crippen LogP) is 11.4. The minimum Gasteiger partial charge on any atom is -0.462 e. The topological polar surface area (TPSA) is 71.1 Å². The minimum absolute atomic E-state index is 0.0409. The molecular weight excluding hydrogens is 652 g/mol. The first-order valence-electron chi connectivity index (χ1n) is 18.4. The molecule has 1 aromatic rings. The molecule has 9 heteroatoms. The van der Waals surface area contributed by atoms with Crippen LogP contribution in [0.4, 0.5) is 0 Å². The molecule has 1 aliphatic carbocycles. The van der Waals surface area contributed by atoms with Gasteiger partial charge < -0.3 is 18.1 Å². The van der Waals surface area contributed by atoms with Crippen LogP contribution in [0, 0.1) is 11.8 Å². The quantitative estimate of drug-likeness (QED) is 0.0465. The van der Waals surface area contributed by atoms with Crippen LogP contribution in [-0.4, -0.2) is 60.9 Å². The molecule has 1 saturated carbocycles. The second-order valence-corrected chi connectivity index (χ2v) is 29.7. The normalized spacial score (nSPS) is 22.9. The van der Waals surface area contributed by atoms with Crippen LogP contribution >= 0.6 is 7.37 Å². The minimum atomic E-state index is -2.50. The average molecular weight is 723 g/mol. The summed E-state index contributed by atoms with van der Waals surface area (Å²) in [6.07, 6.45) is 13.5. The summed E-state index contributed by atoms with van der Waals surface area (Å²) < 4.78 is 37.9. The Hall–Kier alpha value is -1.03. The molecule has 6 nitrogen and oxygen atoms in total. The SMILES string of the molecule is COP(C)(=O)CCCC=CC[C@@H]1[C@@H](CC[C@H](CCCc2ccccc2)O[Si](C)(C)C(C)(C)C)[C@H](O[Si](C)(C)C(C)(C)C)C[C@@H]1OC(C)=O. The molecule has 0 N–H and O–H groups in total. The molecule has 6 atom stereocenters. The van der Waals surface area contributed by atoms with Crippen molar-refractivity contribution < 1.29 is 27.5 Å². The molecule has 0 amide bonds. The maximum absolute atomic E-state index is 12.4. The molecule has 0 aliphatic heterocycles. The summed E-state index contributed by atoms with van der Waals surface area (Å²) in [5.74, 6) is 0.213. The van der Waals surface area contributed by atoms with Crippen molar-refractivity contribution in [3.8, 4) is 0 Å². The number of esters is 1. The van der Waals surface area contributed by atoms with Gasteiger partial charge in [-0.3, -0.25) is 9.36 Å². The number of unbranched alkanes of at least 4 members (excludes halogenated alkanes) is 1. The third-order valence-corrected chi connectivity index (χ3v) is 22.3. The van der Waals surface area contributed by atoms with E-state index in [1.54, 1.807) is 6.66 Å². The molecule has 1 aliphatic rings. The molecule has 0 spiro atoms. The number of ether oxygens (including phenoxy) is 1. The van der Waals surface area contributed by atoms with E-state index in [2.05, 4.69) is 110 Å². The van der Waals surface area contributed by atoms with Crippen LogP contribution in [0.1, 0.15) is 105 Å². The van der Waals surface area contributed by atoms with Crippen molar-refractivity contribution in [2.45, 2.75) is 161 Å². The van der Waals surface area contributed by atoms with E-state index in [4.69, 9.17) is 18.1 Å². The standard InChI is InChI=1S/C39H71O6PSi2/c1-31(40)43-36-30-37(45-48(12,13)39(5,6)7)35(34(36)26-19-14-15-20-29-46(9,41)42-8)28-27-33(44-47(10,11)38(2,3)4)25-21-24-32-22-17-16-18-23-32/h14,16-19,22-23,33-37H,15,20-21,24-30H2,1-13H3/t33-,34+,35+,36-,37+,46?/m0/s1. The maximum atomic E-state index is 12.4. The molecule has 0 bridgehead atoms. The van der Waals surface area contributed by atoms with Gasteiger partial charge in [-0.1, -0.05) is 84.0 Å². The van der Waals surface area contributed by atoms with Crippen LogP contribution in [0.25, 0.3) is 0 Å². The fraction of sp³-hybridized carbons (Fsp3) is 0.769. The summed E-state index contributed by atoms with van der Waals surface area (Å²) in [5.41, 5.74) is 1.38. The molecule has 0 radical (unpaired) electrons. The number of rotatable bonds is 19. The van der Waals surface area contributed by atoms with E-state index in [1.807, 2.05) is 0 Å². The van der Waals surface area contributed by atoms with Gasteiger partial charge in [0.15, 0.2) is 24.0 Å². The van der Waals surface area contributed by atoms with Crippen molar-refractivity contribution in [2.24, 2.45) is 11.8 Å². The molecule has 1 aromatic carbocycles. The first-order valence-corrected chi connectivity index (χ1v) is 26.5. The van der Waals surface area contributed by atoms with E-state index >= 15 is 0 Å². The highest BCUT2D eigenvalue weighted by Crippen LogP contribution is 2.47. The summed E-state index contributed by atoms with van der Waals surface area (Å²) in [4.78, 5) is 12.4. The Bertz CT molecular complexity index is 1190. The van der Waals surface area contributed by atoms with Gasteiger partial charge in [0, 0.05) is 45.3 Å². The number of aryl methyl sites for hydroxylation is 1. The number of benzene rings is 1. The average Bonchev–Trinajstić information content (AvgIpc) is 3.26. The van der Waals surface area contributed by atoms with E-state index in [0.29, 0.717) is 6.16 Å². The first kappa shape index (κ1) is 43.1. The van der Waals surface area contributed by atoms with Crippen LogP contribution in [0.3, 0.4) is 0 Å². The molecule has 0 saturated heterocycles. The highest BCUT2D eigenvalue weighted by Gasteiger charge is 2.49. The second kappa shape index (κ2) is 18.5. The molecule has 1 fully saturated rings. The molecule has 0 aromatic heterocycles. The van der Waals surface area contributed by atoms with Crippen LogP contribution in [-0.2, 0) is 33.9 Å². The predicted molar refractivity (Wildman–Crippen MR) is 208 cm³/mol. The molecule has 276 valence electrons. The van der Waals surface area contributed by atoms with Crippen molar-refractivity contribution in [2.75, 3.05) is 19.9 Å². The van der Waals surface area contributed by atoms with E-state index in [9.17, 15) is 9.36 Å². The van der Waals surface area contributed by atoms with E-state index in [1.165, 1.54) is 19.6 Å².